The van der Waals surface area contributed by atoms with Gasteiger partial charge in [-0.1, -0.05) is 208 Å². The van der Waals surface area contributed by atoms with E-state index in [1.54, 1.807) is 0 Å². The molecule has 0 aliphatic rings. The van der Waals surface area contributed by atoms with Gasteiger partial charge in [-0.2, -0.15) is 0 Å². The Bertz CT molecular complexity index is 1340. The highest BCUT2D eigenvalue weighted by Crippen LogP contribution is 2.43. The molecular weight excluding hydrogens is 834 g/mol. The molecule has 0 spiro atoms. The molecule has 0 fully saturated rings. The zero-order chi connectivity index (χ0) is 47.4. The molecule has 0 aliphatic heterocycles. The molecule has 0 bridgehead atoms. The molecule has 0 amide bonds. The number of rotatable bonds is 48. The second-order valence-corrected chi connectivity index (χ2v) is 18.5. The topological polar surface area (TPSA) is 134 Å². The summed E-state index contributed by atoms with van der Waals surface area (Å²) >= 11 is 0. The minimum Gasteiger partial charge on any atom is -0.462 e. The fourth-order valence-corrected chi connectivity index (χ4v) is 7.70. The van der Waals surface area contributed by atoms with Gasteiger partial charge in [-0.05, 0) is 83.5 Å². The number of nitrogens with two attached hydrogens (primary N) is 1. The summed E-state index contributed by atoms with van der Waals surface area (Å²) in [7, 11) is -4.40. The average Bonchev–Trinajstić information content (AvgIpc) is 3.30. The summed E-state index contributed by atoms with van der Waals surface area (Å²) in [6, 6.07) is 0. The zero-order valence-corrected chi connectivity index (χ0v) is 42.3. The van der Waals surface area contributed by atoms with Crippen molar-refractivity contribution < 1.29 is 37.6 Å². The third kappa shape index (κ3) is 50.4. The van der Waals surface area contributed by atoms with Crippen LogP contribution in [0.2, 0.25) is 0 Å². The van der Waals surface area contributed by atoms with Gasteiger partial charge in [0.2, 0.25) is 0 Å². The smallest absolute Gasteiger partial charge is 0.462 e. The van der Waals surface area contributed by atoms with Crippen LogP contribution in [0.3, 0.4) is 0 Å². The van der Waals surface area contributed by atoms with E-state index in [4.69, 9.17) is 24.3 Å². The molecule has 0 aromatic heterocycles. The number of hydrogen-bond donors (Lipinski definition) is 2. The summed E-state index contributed by atoms with van der Waals surface area (Å²) in [4.78, 5) is 35.0. The number of esters is 2. The Morgan fingerprint density at radius 3 is 1.31 bits per heavy atom. The summed E-state index contributed by atoms with van der Waals surface area (Å²) in [5, 5.41) is 0. The summed E-state index contributed by atoms with van der Waals surface area (Å²) in [6.45, 7) is 3.55. The van der Waals surface area contributed by atoms with E-state index in [1.165, 1.54) is 122 Å². The fraction of sp³-hybridized carbons (Fsp3) is 0.709. The second kappa shape index (κ2) is 50.6. The lowest BCUT2D eigenvalue weighted by atomic mass is 10.0. The molecule has 0 heterocycles. The van der Waals surface area contributed by atoms with Crippen LogP contribution < -0.4 is 5.73 Å². The van der Waals surface area contributed by atoms with E-state index in [1.807, 2.05) is 6.08 Å². The fourth-order valence-electron chi connectivity index (χ4n) is 6.94. The van der Waals surface area contributed by atoms with E-state index in [0.29, 0.717) is 12.8 Å². The molecule has 0 aromatic rings. The molecule has 0 radical (unpaired) electrons. The maximum atomic E-state index is 12.6. The largest absolute Gasteiger partial charge is 0.472 e. The molecule has 9 nitrogen and oxygen atoms in total. The first kappa shape index (κ1) is 62.2. The summed E-state index contributed by atoms with van der Waals surface area (Å²) in [5.74, 6) is -0.898. The van der Waals surface area contributed by atoms with Crippen molar-refractivity contribution in [3.05, 3.63) is 85.1 Å². The predicted molar refractivity (Wildman–Crippen MR) is 275 cm³/mol. The van der Waals surface area contributed by atoms with Crippen LogP contribution in [0.1, 0.15) is 219 Å². The quantitative estimate of drug-likeness (QED) is 0.0265. The zero-order valence-electron chi connectivity index (χ0n) is 41.4. The van der Waals surface area contributed by atoms with Crippen molar-refractivity contribution in [3.63, 3.8) is 0 Å². The van der Waals surface area contributed by atoms with Gasteiger partial charge >= 0.3 is 19.8 Å². The van der Waals surface area contributed by atoms with Gasteiger partial charge in [-0.3, -0.25) is 18.6 Å². The molecule has 0 rings (SSSR count). The lowest BCUT2D eigenvalue weighted by Crippen LogP contribution is -2.29. The van der Waals surface area contributed by atoms with Crippen molar-refractivity contribution >= 4 is 19.8 Å². The summed E-state index contributed by atoms with van der Waals surface area (Å²) in [6.07, 6.45) is 65.0. The molecule has 2 atom stereocenters. The number of carbonyl (C=O) groups excluding carboxylic acids is 2. The van der Waals surface area contributed by atoms with Gasteiger partial charge in [0, 0.05) is 19.4 Å². The van der Waals surface area contributed by atoms with Crippen molar-refractivity contribution in [2.45, 2.75) is 225 Å². The summed E-state index contributed by atoms with van der Waals surface area (Å²) in [5.41, 5.74) is 5.36. The van der Waals surface area contributed by atoms with E-state index in [0.717, 1.165) is 57.8 Å². The van der Waals surface area contributed by atoms with Crippen molar-refractivity contribution in [2.24, 2.45) is 5.73 Å². The highest BCUT2D eigenvalue weighted by Gasteiger charge is 2.26. The third-order valence-corrected chi connectivity index (χ3v) is 11.7. The molecule has 10 heteroatoms. The van der Waals surface area contributed by atoms with Crippen LogP contribution in [0.15, 0.2) is 85.1 Å². The van der Waals surface area contributed by atoms with Crippen molar-refractivity contribution in [3.8, 4) is 0 Å². The first-order valence-corrected chi connectivity index (χ1v) is 27.6. The maximum absolute atomic E-state index is 12.6. The highest BCUT2D eigenvalue weighted by atomic mass is 31.2. The van der Waals surface area contributed by atoms with E-state index < -0.39 is 32.5 Å². The Morgan fingerprint density at radius 2 is 0.862 bits per heavy atom. The average molecular weight is 930 g/mol. The van der Waals surface area contributed by atoms with E-state index in [9.17, 15) is 19.0 Å². The Kier molecular flexibility index (Phi) is 48.4. The van der Waals surface area contributed by atoms with Crippen LogP contribution in [0.25, 0.3) is 0 Å². The Balaban J connectivity index is 4.05. The van der Waals surface area contributed by atoms with E-state index >= 15 is 0 Å². The molecule has 65 heavy (non-hydrogen) atoms. The SMILES string of the molecule is CC/C=C\C/C=C\C/C=C\C/C=C\C/C=C\CCCC(=O)OC(COC(=O)CCCCCCCCCCCCCCCCC/C=C\C/C=C\CCCCCCC)COP(=O)(O)OCCN. The van der Waals surface area contributed by atoms with Crippen LogP contribution in [0.4, 0.5) is 0 Å². The number of ether oxygens (including phenoxy) is 2. The van der Waals surface area contributed by atoms with Gasteiger partial charge in [0.15, 0.2) is 6.10 Å². The van der Waals surface area contributed by atoms with E-state index in [-0.39, 0.29) is 32.6 Å². The van der Waals surface area contributed by atoms with Crippen molar-refractivity contribution in [1.82, 2.24) is 0 Å². The number of hydrogen-bond acceptors (Lipinski definition) is 8. The van der Waals surface area contributed by atoms with Crippen molar-refractivity contribution in [2.75, 3.05) is 26.4 Å². The Morgan fingerprint density at radius 1 is 0.477 bits per heavy atom. The van der Waals surface area contributed by atoms with Gasteiger partial charge in [-0.25, -0.2) is 4.57 Å². The molecule has 0 aromatic carbocycles. The molecule has 0 saturated carbocycles. The number of unbranched alkanes of at least 4 members (excludes halogenated alkanes) is 21. The minimum atomic E-state index is -4.40. The molecular formula is C55H96NO8P. The normalized spacial score (nSPS) is 13.8. The van der Waals surface area contributed by atoms with Gasteiger partial charge in [0.1, 0.15) is 6.61 Å². The van der Waals surface area contributed by atoms with Gasteiger partial charge in [0.05, 0.1) is 13.2 Å². The molecule has 0 aliphatic carbocycles. The standard InChI is InChI=1S/C55H96NO8P/c1-3-5-7-9-11-13-15-17-19-21-22-23-24-25-26-27-28-29-30-32-33-35-37-39-41-43-45-47-54(57)61-51-53(52-63-65(59,60)62-50-49-56)64-55(58)48-46-44-42-40-38-36-34-31-20-18-16-14-12-10-8-6-4-2/h6,8,12,14-15,17-18,20-22,34,36,40,42,53H,3-5,7,9-11,13,16,19,23-33,35,37-39,41,43-52,56H2,1-2H3,(H,59,60)/b8-6-,14-12-,17-15-,20-18-,22-21-,36-34-,42-40-. The number of allylic oxidation sites excluding steroid dienone is 14. The van der Waals surface area contributed by atoms with Gasteiger partial charge in [-0.15, -0.1) is 0 Å². The summed E-state index contributed by atoms with van der Waals surface area (Å²) < 4.78 is 32.8. The lowest BCUT2D eigenvalue weighted by Gasteiger charge is -2.19. The number of phosphoric acid groups is 1. The second-order valence-electron chi connectivity index (χ2n) is 17.0. The van der Waals surface area contributed by atoms with Crippen molar-refractivity contribution in [1.29, 1.82) is 0 Å². The van der Waals surface area contributed by atoms with Gasteiger partial charge in [0.25, 0.3) is 0 Å². The molecule has 2 unspecified atom stereocenters. The Labute approximate surface area is 398 Å². The van der Waals surface area contributed by atoms with Crippen LogP contribution in [-0.2, 0) is 32.7 Å². The Hall–Kier alpha value is -2.81. The van der Waals surface area contributed by atoms with E-state index in [2.05, 4.69) is 92.8 Å². The van der Waals surface area contributed by atoms with Crippen LogP contribution >= 0.6 is 7.82 Å². The molecule has 3 N–H and O–H groups in total. The maximum Gasteiger partial charge on any atom is 0.472 e. The monoisotopic (exact) mass is 930 g/mol. The number of phosphoric ester groups is 1. The predicted octanol–water partition coefficient (Wildman–Crippen LogP) is 16.0. The molecule has 0 saturated heterocycles. The first-order valence-electron chi connectivity index (χ1n) is 26.1. The van der Waals surface area contributed by atoms with Crippen LogP contribution in [0.5, 0.6) is 0 Å². The first-order chi connectivity index (χ1) is 31.8. The lowest BCUT2D eigenvalue weighted by molar-refractivity contribution is -0.161. The highest BCUT2D eigenvalue weighted by molar-refractivity contribution is 7.47. The minimum absolute atomic E-state index is 0.0409. The molecule has 374 valence electrons. The van der Waals surface area contributed by atoms with Crippen LogP contribution in [-0.4, -0.2) is 49.3 Å². The van der Waals surface area contributed by atoms with Crippen LogP contribution in [0, 0.1) is 0 Å². The van der Waals surface area contributed by atoms with Gasteiger partial charge < -0.3 is 20.1 Å². The third-order valence-electron chi connectivity index (χ3n) is 10.8. The number of carbonyl (C=O) groups is 2.